The third-order valence-corrected chi connectivity index (χ3v) is 8.09. The Balaban J connectivity index is 1.69. The summed E-state index contributed by atoms with van der Waals surface area (Å²) in [5.41, 5.74) is 1.15. The van der Waals surface area contributed by atoms with Crippen LogP contribution in [0.4, 0.5) is 0 Å². The second-order valence-corrected chi connectivity index (χ2v) is 10.9. The molecular weight excluding hydrogens is 366 g/mol. The minimum Gasteiger partial charge on any atom is -0.207 e. The molecule has 2 heterocycles. The first kappa shape index (κ1) is 19.5. The molecule has 0 spiro atoms. The van der Waals surface area contributed by atoms with Gasteiger partial charge in [-0.3, -0.25) is 0 Å². The molecule has 1 aliphatic rings. The van der Waals surface area contributed by atoms with E-state index in [0.717, 1.165) is 34.8 Å². The quantitative estimate of drug-likeness (QED) is 0.788. The maximum atomic E-state index is 12.9. The van der Waals surface area contributed by atoms with E-state index in [1.165, 1.54) is 0 Å². The summed E-state index contributed by atoms with van der Waals surface area (Å²) in [6.45, 7) is 9.52. The summed E-state index contributed by atoms with van der Waals surface area (Å²) in [7, 11) is -3.43. The Morgan fingerprint density at radius 1 is 1.12 bits per heavy atom. The molecule has 0 aliphatic carbocycles. The van der Waals surface area contributed by atoms with Crippen LogP contribution in [0, 0.1) is 0 Å². The summed E-state index contributed by atoms with van der Waals surface area (Å²) >= 11 is 1.66. The molecule has 1 saturated heterocycles. The number of aromatic nitrogens is 2. The highest BCUT2D eigenvalue weighted by Gasteiger charge is 2.31. The smallest absolute Gasteiger partial charge is 0.207 e. The summed E-state index contributed by atoms with van der Waals surface area (Å²) in [5, 5.41) is 10.6. The summed E-state index contributed by atoms with van der Waals surface area (Å²) in [6.07, 6.45) is 2.50. The van der Waals surface area contributed by atoms with E-state index in [0.29, 0.717) is 23.9 Å². The molecular formula is C19H27N3O2S2. The number of sulfonamides is 1. The molecule has 5 nitrogen and oxygen atoms in total. The van der Waals surface area contributed by atoms with Crippen LogP contribution in [0.25, 0.3) is 0 Å². The third-order valence-electron chi connectivity index (χ3n) is 4.95. The van der Waals surface area contributed by atoms with E-state index in [4.69, 9.17) is 0 Å². The zero-order valence-corrected chi connectivity index (χ0v) is 17.5. The van der Waals surface area contributed by atoms with Crippen LogP contribution in [0.1, 0.15) is 62.0 Å². The van der Waals surface area contributed by atoms with Crippen LogP contribution in [0.15, 0.2) is 29.2 Å². The molecule has 26 heavy (non-hydrogen) atoms. The zero-order valence-electron chi connectivity index (χ0n) is 15.9. The molecule has 7 heteroatoms. The molecule has 3 rings (SSSR count). The van der Waals surface area contributed by atoms with Gasteiger partial charge in [-0.1, -0.05) is 39.8 Å². The summed E-state index contributed by atoms with van der Waals surface area (Å²) in [4.78, 5) is 0.383. The maximum Gasteiger partial charge on any atom is 0.243 e. The fraction of sp³-hybridized carbons (Fsp3) is 0.579. The summed E-state index contributed by atoms with van der Waals surface area (Å²) in [6, 6.07) is 7.32. The van der Waals surface area contributed by atoms with Gasteiger partial charge in [-0.2, -0.15) is 4.31 Å². The van der Waals surface area contributed by atoms with Crippen molar-refractivity contribution in [2.24, 2.45) is 0 Å². The van der Waals surface area contributed by atoms with Gasteiger partial charge in [0.05, 0.1) is 4.90 Å². The lowest BCUT2D eigenvalue weighted by atomic mass is 9.87. The van der Waals surface area contributed by atoms with Crippen molar-refractivity contribution < 1.29 is 8.42 Å². The number of aryl methyl sites for hydroxylation is 1. The van der Waals surface area contributed by atoms with Crippen molar-refractivity contribution >= 4 is 21.4 Å². The van der Waals surface area contributed by atoms with Crippen molar-refractivity contribution in [3.63, 3.8) is 0 Å². The van der Waals surface area contributed by atoms with Crippen LogP contribution in [0.5, 0.6) is 0 Å². The minimum atomic E-state index is -3.43. The van der Waals surface area contributed by atoms with E-state index in [2.05, 4.69) is 37.9 Å². The Labute approximate surface area is 160 Å². The van der Waals surface area contributed by atoms with Gasteiger partial charge >= 0.3 is 0 Å². The average Bonchev–Trinajstić information content (AvgIpc) is 3.10. The third kappa shape index (κ3) is 4.00. The lowest BCUT2D eigenvalue weighted by Gasteiger charge is -2.30. The number of nitrogens with zero attached hydrogens (tertiary/aromatic N) is 3. The second-order valence-electron chi connectivity index (χ2n) is 7.84. The fourth-order valence-corrected chi connectivity index (χ4v) is 5.61. The predicted octanol–water partition coefficient (Wildman–Crippen LogP) is 3.97. The van der Waals surface area contributed by atoms with Gasteiger partial charge in [0.15, 0.2) is 0 Å². The van der Waals surface area contributed by atoms with E-state index in [9.17, 15) is 8.42 Å². The van der Waals surface area contributed by atoms with Gasteiger partial charge in [-0.15, -0.1) is 21.5 Å². The van der Waals surface area contributed by atoms with Crippen molar-refractivity contribution in [1.29, 1.82) is 0 Å². The van der Waals surface area contributed by atoms with Crippen molar-refractivity contribution in [1.82, 2.24) is 14.5 Å². The normalized spacial score (nSPS) is 17.5. The van der Waals surface area contributed by atoms with Gasteiger partial charge in [-0.05, 0) is 42.4 Å². The molecule has 0 saturated carbocycles. The lowest BCUT2D eigenvalue weighted by molar-refractivity contribution is 0.318. The summed E-state index contributed by atoms with van der Waals surface area (Å²) < 4.78 is 27.5. The van der Waals surface area contributed by atoms with Crippen molar-refractivity contribution in [3.05, 3.63) is 39.8 Å². The van der Waals surface area contributed by atoms with Gasteiger partial charge < -0.3 is 0 Å². The zero-order chi connectivity index (χ0) is 18.9. The first-order valence-electron chi connectivity index (χ1n) is 9.15. The highest BCUT2D eigenvalue weighted by atomic mass is 32.2. The van der Waals surface area contributed by atoms with Gasteiger partial charge in [-0.25, -0.2) is 8.42 Å². The molecule has 1 aliphatic heterocycles. The van der Waals surface area contributed by atoms with Gasteiger partial charge in [0.25, 0.3) is 0 Å². The lowest BCUT2D eigenvalue weighted by Crippen LogP contribution is -2.37. The molecule has 0 radical (unpaired) electrons. The second kappa shape index (κ2) is 7.37. The number of rotatable bonds is 4. The molecule has 0 atom stereocenters. The van der Waals surface area contributed by atoms with Gasteiger partial charge in [0.1, 0.15) is 10.0 Å². The Morgan fingerprint density at radius 2 is 1.73 bits per heavy atom. The van der Waals surface area contributed by atoms with Crippen LogP contribution in [-0.4, -0.2) is 36.0 Å². The van der Waals surface area contributed by atoms with E-state index in [1.807, 2.05) is 12.1 Å². The standard InChI is InChI=1S/C19H27N3O2S2/c1-5-17-20-21-18(25-17)14-10-12-22(13-11-14)26(23,24)16-8-6-15(7-9-16)19(2,3)4/h6-9,14H,5,10-13H2,1-4H3. The highest BCUT2D eigenvalue weighted by Crippen LogP contribution is 2.33. The van der Waals surface area contributed by atoms with E-state index in [1.54, 1.807) is 27.8 Å². The Kier molecular flexibility index (Phi) is 5.51. The number of piperidine rings is 1. The largest absolute Gasteiger partial charge is 0.243 e. The van der Waals surface area contributed by atoms with Crippen LogP contribution in [0.2, 0.25) is 0 Å². The Bertz CT molecular complexity index is 844. The molecule has 1 aromatic carbocycles. The Morgan fingerprint density at radius 3 is 2.23 bits per heavy atom. The Hall–Kier alpha value is -1.31. The number of hydrogen-bond donors (Lipinski definition) is 0. The first-order chi connectivity index (χ1) is 12.2. The fourth-order valence-electron chi connectivity index (χ4n) is 3.19. The maximum absolute atomic E-state index is 12.9. The molecule has 2 aromatic rings. The van der Waals surface area contributed by atoms with Crippen LogP contribution >= 0.6 is 11.3 Å². The van der Waals surface area contributed by atoms with Gasteiger partial charge in [0, 0.05) is 19.0 Å². The SMILES string of the molecule is CCc1nnc(C2CCN(S(=O)(=O)c3ccc(C(C)(C)C)cc3)CC2)s1. The topological polar surface area (TPSA) is 63.2 Å². The number of benzene rings is 1. The van der Waals surface area contributed by atoms with E-state index < -0.39 is 10.0 Å². The van der Waals surface area contributed by atoms with Crippen LogP contribution in [0.3, 0.4) is 0 Å². The predicted molar refractivity (Wildman–Crippen MR) is 105 cm³/mol. The number of hydrogen-bond acceptors (Lipinski definition) is 5. The van der Waals surface area contributed by atoms with Crippen molar-refractivity contribution in [2.45, 2.75) is 63.2 Å². The van der Waals surface area contributed by atoms with Gasteiger partial charge in [0.2, 0.25) is 10.0 Å². The summed E-state index contributed by atoms with van der Waals surface area (Å²) in [5.74, 6) is 0.322. The molecule has 1 aromatic heterocycles. The molecule has 0 N–H and O–H groups in total. The van der Waals surface area contributed by atoms with Crippen LogP contribution in [-0.2, 0) is 21.9 Å². The minimum absolute atomic E-state index is 0.0136. The van der Waals surface area contributed by atoms with E-state index in [-0.39, 0.29) is 5.41 Å². The average molecular weight is 394 g/mol. The van der Waals surface area contributed by atoms with Crippen molar-refractivity contribution in [2.75, 3.05) is 13.1 Å². The first-order valence-corrected chi connectivity index (χ1v) is 11.4. The molecule has 0 bridgehead atoms. The molecule has 0 unspecified atom stereocenters. The molecule has 1 fully saturated rings. The van der Waals surface area contributed by atoms with Crippen LogP contribution < -0.4 is 0 Å². The van der Waals surface area contributed by atoms with Crippen molar-refractivity contribution in [3.8, 4) is 0 Å². The monoisotopic (exact) mass is 393 g/mol. The molecule has 0 amide bonds. The van der Waals surface area contributed by atoms with E-state index >= 15 is 0 Å². The molecule has 142 valence electrons. The highest BCUT2D eigenvalue weighted by molar-refractivity contribution is 7.89.